The van der Waals surface area contributed by atoms with Crippen molar-refractivity contribution in [2.75, 3.05) is 16.8 Å². The summed E-state index contributed by atoms with van der Waals surface area (Å²) < 4.78 is 0. The Balaban J connectivity index is 2.23. The van der Waals surface area contributed by atoms with Crippen LogP contribution < -0.4 is 16.8 Å². The fourth-order valence-corrected chi connectivity index (χ4v) is 1.65. The van der Waals surface area contributed by atoms with Crippen LogP contribution in [0, 0.1) is 0 Å². The van der Waals surface area contributed by atoms with Crippen molar-refractivity contribution in [3.8, 4) is 0 Å². The Hall–Kier alpha value is -3.02. The standard InChI is InChI=1S/C14H13N3O3/c15-9-2-4-10(5-3-9)17-13(18)8-1-6-12(16)11(7-8)14(19)20/h1-7H,15-16H2,(H,17,18)(H,19,20). The average molecular weight is 271 g/mol. The molecule has 0 aromatic heterocycles. The van der Waals surface area contributed by atoms with Gasteiger partial charge in [0.2, 0.25) is 0 Å². The summed E-state index contributed by atoms with van der Waals surface area (Å²) in [4.78, 5) is 23.0. The van der Waals surface area contributed by atoms with E-state index >= 15 is 0 Å². The number of benzene rings is 2. The summed E-state index contributed by atoms with van der Waals surface area (Å²) in [5.41, 5.74) is 12.5. The van der Waals surface area contributed by atoms with Gasteiger partial charge in [-0.3, -0.25) is 4.79 Å². The predicted molar refractivity (Wildman–Crippen MR) is 76.6 cm³/mol. The molecule has 0 heterocycles. The highest BCUT2D eigenvalue weighted by molar-refractivity contribution is 6.06. The maximum atomic E-state index is 12.0. The van der Waals surface area contributed by atoms with Crippen molar-refractivity contribution in [1.82, 2.24) is 0 Å². The van der Waals surface area contributed by atoms with Gasteiger partial charge in [0.1, 0.15) is 0 Å². The van der Waals surface area contributed by atoms with E-state index in [1.807, 2.05) is 0 Å². The second-order valence-corrected chi connectivity index (χ2v) is 4.18. The van der Waals surface area contributed by atoms with Gasteiger partial charge in [-0.25, -0.2) is 4.79 Å². The molecule has 0 spiro atoms. The molecule has 0 saturated carbocycles. The highest BCUT2D eigenvalue weighted by atomic mass is 16.4. The number of nitrogens with one attached hydrogen (secondary N) is 1. The average Bonchev–Trinajstić information content (AvgIpc) is 2.41. The lowest BCUT2D eigenvalue weighted by Gasteiger charge is -2.07. The molecule has 0 aliphatic carbocycles. The molecule has 0 bridgehead atoms. The molecular weight excluding hydrogens is 258 g/mol. The molecule has 0 saturated heterocycles. The van der Waals surface area contributed by atoms with Crippen molar-refractivity contribution in [1.29, 1.82) is 0 Å². The molecule has 0 aliphatic rings. The lowest BCUT2D eigenvalue weighted by Crippen LogP contribution is -2.13. The number of carbonyl (C=O) groups excluding carboxylic acids is 1. The first-order valence-corrected chi connectivity index (χ1v) is 5.77. The van der Waals surface area contributed by atoms with E-state index in [2.05, 4.69) is 5.32 Å². The van der Waals surface area contributed by atoms with Crippen LogP contribution in [0.1, 0.15) is 20.7 Å². The van der Waals surface area contributed by atoms with Gasteiger partial charge >= 0.3 is 5.97 Å². The minimum absolute atomic E-state index is 0.102. The Labute approximate surface area is 115 Å². The third-order valence-corrected chi connectivity index (χ3v) is 2.71. The first-order chi connectivity index (χ1) is 9.47. The molecule has 20 heavy (non-hydrogen) atoms. The van der Waals surface area contributed by atoms with Crippen LogP contribution in [-0.4, -0.2) is 17.0 Å². The van der Waals surface area contributed by atoms with E-state index in [0.29, 0.717) is 11.4 Å². The lowest BCUT2D eigenvalue weighted by molar-refractivity contribution is 0.0698. The van der Waals surface area contributed by atoms with Gasteiger partial charge < -0.3 is 21.9 Å². The van der Waals surface area contributed by atoms with Gasteiger partial charge in [0.15, 0.2) is 0 Å². The van der Waals surface area contributed by atoms with Crippen molar-refractivity contribution in [2.24, 2.45) is 0 Å². The zero-order valence-corrected chi connectivity index (χ0v) is 10.5. The minimum Gasteiger partial charge on any atom is -0.478 e. The number of carboxylic acid groups (broad SMARTS) is 1. The summed E-state index contributed by atoms with van der Waals surface area (Å²) in [5.74, 6) is -1.60. The van der Waals surface area contributed by atoms with Gasteiger partial charge in [-0.1, -0.05) is 0 Å². The third-order valence-electron chi connectivity index (χ3n) is 2.71. The van der Waals surface area contributed by atoms with Gasteiger partial charge in [0, 0.05) is 22.6 Å². The number of aromatic carboxylic acids is 1. The first kappa shape index (κ1) is 13.4. The van der Waals surface area contributed by atoms with Gasteiger partial charge in [0.05, 0.1) is 5.56 Å². The number of amides is 1. The van der Waals surface area contributed by atoms with Crippen molar-refractivity contribution >= 4 is 28.9 Å². The molecule has 0 radical (unpaired) electrons. The van der Waals surface area contributed by atoms with E-state index in [9.17, 15) is 9.59 Å². The highest BCUT2D eigenvalue weighted by Gasteiger charge is 2.13. The van der Waals surface area contributed by atoms with E-state index in [1.165, 1.54) is 18.2 Å². The van der Waals surface area contributed by atoms with Crippen molar-refractivity contribution in [3.05, 3.63) is 53.6 Å². The van der Waals surface area contributed by atoms with Gasteiger partial charge in [-0.15, -0.1) is 0 Å². The molecule has 2 aromatic rings. The first-order valence-electron chi connectivity index (χ1n) is 5.77. The van der Waals surface area contributed by atoms with E-state index in [0.717, 1.165) is 0 Å². The number of carbonyl (C=O) groups is 2. The van der Waals surface area contributed by atoms with E-state index in [1.54, 1.807) is 24.3 Å². The molecule has 1 amide bonds. The SMILES string of the molecule is Nc1ccc(NC(=O)c2ccc(N)c(C(=O)O)c2)cc1. The fourth-order valence-electron chi connectivity index (χ4n) is 1.65. The molecule has 2 aromatic carbocycles. The Morgan fingerprint density at radius 2 is 1.65 bits per heavy atom. The number of hydrogen-bond acceptors (Lipinski definition) is 4. The van der Waals surface area contributed by atoms with Crippen LogP contribution in [-0.2, 0) is 0 Å². The highest BCUT2D eigenvalue weighted by Crippen LogP contribution is 2.16. The Morgan fingerprint density at radius 1 is 1.00 bits per heavy atom. The van der Waals surface area contributed by atoms with E-state index in [-0.39, 0.29) is 16.8 Å². The fraction of sp³-hybridized carbons (Fsp3) is 0. The third kappa shape index (κ3) is 2.86. The molecule has 0 aliphatic heterocycles. The summed E-state index contributed by atoms with van der Waals surface area (Å²) in [6.07, 6.45) is 0. The van der Waals surface area contributed by atoms with Crippen LogP contribution in [0.3, 0.4) is 0 Å². The summed E-state index contributed by atoms with van der Waals surface area (Å²) in [6, 6.07) is 10.7. The monoisotopic (exact) mass is 271 g/mol. The molecule has 0 unspecified atom stereocenters. The van der Waals surface area contributed by atoms with Crippen LogP contribution in [0.15, 0.2) is 42.5 Å². The van der Waals surface area contributed by atoms with Crippen LogP contribution >= 0.6 is 0 Å². The molecule has 102 valence electrons. The zero-order chi connectivity index (χ0) is 14.7. The summed E-state index contributed by atoms with van der Waals surface area (Å²) in [6.45, 7) is 0. The second kappa shape index (κ2) is 5.31. The smallest absolute Gasteiger partial charge is 0.337 e. The van der Waals surface area contributed by atoms with E-state index < -0.39 is 11.9 Å². The second-order valence-electron chi connectivity index (χ2n) is 4.18. The van der Waals surface area contributed by atoms with Crippen LogP contribution in [0.5, 0.6) is 0 Å². The quantitative estimate of drug-likeness (QED) is 0.635. The predicted octanol–water partition coefficient (Wildman–Crippen LogP) is 1.80. The largest absolute Gasteiger partial charge is 0.478 e. The molecule has 6 heteroatoms. The van der Waals surface area contributed by atoms with Crippen molar-refractivity contribution in [2.45, 2.75) is 0 Å². The van der Waals surface area contributed by atoms with Crippen LogP contribution in [0.4, 0.5) is 17.1 Å². The van der Waals surface area contributed by atoms with E-state index in [4.69, 9.17) is 16.6 Å². The molecule has 2 rings (SSSR count). The Kier molecular flexibility index (Phi) is 3.56. The summed E-state index contributed by atoms with van der Waals surface area (Å²) >= 11 is 0. The number of nitrogen functional groups attached to an aromatic ring is 2. The number of carboxylic acids is 1. The molecule has 0 atom stereocenters. The Morgan fingerprint density at radius 3 is 2.25 bits per heavy atom. The summed E-state index contributed by atoms with van der Waals surface area (Å²) in [7, 11) is 0. The normalized spacial score (nSPS) is 10.0. The maximum absolute atomic E-state index is 12.0. The Bertz CT molecular complexity index is 666. The summed E-state index contributed by atoms with van der Waals surface area (Å²) in [5, 5.41) is 11.6. The zero-order valence-electron chi connectivity index (χ0n) is 10.5. The van der Waals surface area contributed by atoms with Gasteiger partial charge in [0.25, 0.3) is 5.91 Å². The number of nitrogens with two attached hydrogens (primary N) is 2. The molecule has 6 nitrogen and oxygen atoms in total. The lowest BCUT2D eigenvalue weighted by atomic mass is 10.1. The van der Waals surface area contributed by atoms with Gasteiger partial charge in [-0.2, -0.15) is 0 Å². The van der Waals surface area contributed by atoms with Gasteiger partial charge in [-0.05, 0) is 42.5 Å². The van der Waals surface area contributed by atoms with Crippen LogP contribution in [0.2, 0.25) is 0 Å². The number of rotatable bonds is 3. The minimum atomic E-state index is -1.18. The molecular formula is C14H13N3O3. The van der Waals surface area contributed by atoms with Crippen molar-refractivity contribution < 1.29 is 14.7 Å². The number of anilines is 3. The van der Waals surface area contributed by atoms with Crippen molar-refractivity contribution in [3.63, 3.8) is 0 Å². The van der Waals surface area contributed by atoms with Crippen LogP contribution in [0.25, 0.3) is 0 Å². The molecule has 0 fully saturated rings. The maximum Gasteiger partial charge on any atom is 0.337 e. The topological polar surface area (TPSA) is 118 Å². The molecule has 6 N–H and O–H groups in total. The number of hydrogen-bond donors (Lipinski definition) is 4.